The monoisotopic (exact) mass is 190 g/mol. The first kappa shape index (κ1) is 8.95. The molecule has 0 aromatic carbocycles. The molecule has 14 heavy (non-hydrogen) atoms. The Balaban J connectivity index is 2.45. The van der Waals surface area contributed by atoms with E-state index < -0.39 is 11.8 Å². The van der Waals surface area contributed by atoms with Crippen LogP contribution in [0.3, 0.4) is 0 Å². The molecule has 0 aromatic heterocycles. The third-order valence-corrected chi connectivity index (χ3v) is 2.76. The molecule has 2 rings (SSSR count). The van der Waals surface area contributed by atoms with Crippen molar-refractivity contribution in [1.29, 1.82) is 5.26 Å². The average molecular weight is 190 g/mol. The lowest BCUT2D eigenvalue weighted by atomic mass is 9.81. The van der Waals surface area contributed by atoms with Crippen LogP contribution in [0.1, 0.15) is 25.7 Å². The highest BCUT2D eigenvalue weighted by Crippen LogP contribution is 2.32. The van der Waals surface area contributed by atoms with Gasteiger partial charge in [0.05, 0.1) is 6.07 Å². The van der Waals surface area contributed by atoms with Gasteiger partial charge < -0.3 is 0 Å². The molecular weight excluding hydrogens is 180 g/mol. The summed E-state index contributed by atoms with van der Waals surface area (Å²) in [4.78, 5) is 22.7. The summed E-state index contributed by atoms with van der Waals surface area (Å²) < 4.78 is 0. The molecule has 0 saturated carbocycles. The van der Waals surface area contributed by atoms with Crippen molar-refractivity contribution in [2.24, 2.45) is 5.92 Å². The summed E-state index contributed by atoms with van der Waals surface area (Å²) >= 11 is 0. The molecule has 1 aliphatic carbocycles. The van der Waals surface area contributed by atoms with Gasteiger partial charge in [0.1, 0.15) is 5.92 Å². The number of carbonyl (C=O) groups excluding carboxylic acids is 2. The third-order valence-electron chi connectivity index (χ3n) is 2.76. The van der Waals surface area contributed by atoms with Crippen molar-refractivity contribution in [1.82, 2.24) is 5.32 Å². The molecule has 2 amide bonds. The van der Waals surface area contributed by atoms with E-state index in [9.17, 15) is 9.59 Å². The summed E-state index contributed by atoms with van der Waals surface area (Å²) in [7, 11) is 0. The van der Waals surface area contributed by atoms with Crippen LogP contribution in [0.5, 0.6) is 0 Å². The minimum absolute atomic E-state index is 0.295. The number of hydrogen-bond acceptors (Lipinski definition) is 3. The van der Waals surface area contributed by atoms with Crippen LogP contribution in [0.4, 0.5) is 0 Å². The number of amides is 2. The van der Waals surface area contributed by atoms with Crippen LogP contribution in [0.15, 0.2) is 11.1 Å². The van der Waals surface area contributed by atoms with E-state index in [0.29, 0.717) is 18.4 Å². The Morgan fingerprint density at radius 2 is 2.00 bits per heavy atom. The van der Waals surface area contributed by atoms with E-state index in [1.807, 2.05) is 6.07 Å². The van der Waals surface area contributed by atoms with Crippen molar-refractivity contribution in [2.45, 2.75) is 25.7 Å². The maximum absolute atomic E-state index is 11.4. The summed E-state index contributed by atoms with van der Waals surface area (Å²) in [6.45, 7) is 0. The average Bonchev–Trinajstić information content (AvgIpc) is 2.18. The molecule has 1 N–H and O–H groups in total. The highest BCUT2D eigenvalue weighted by Gasteiger charge is 2.35. The lowest BCUT2D eigenvalue weighted by Crippen LogP contribution is -2.43. The summed E-state index contributed by atoms with van der Waals surface area (Å²) in [6.07, 6.45) is 3.36. The van der Waals surface area contributed by atoms with Crippen LogP contribution in [-0.4, -0.2) is 11.8 Å². The first-order chi connectivity index (χ1) is 6.74. The van der Waals surface area contributed by atoms with E-state index in [2.05, 4.69) is 5.32 Å². The number of hydrogen-bond donors (Lipinski definition) is 1. The molecule has 0 saturated heterocycles. The first-order valence-corrected chi connectivity index (χ1v) is 4.70. The van der Waals surface area contributed by atoms with Crippen LogP contribution >= 0.6 is 0 Å². The second-order valence-electron chi connectivity index (χ2n) is 3.59. The van der Waals surface area contributed by atoms with Crippen LogP contribution in [-0.2, 0) is 9.59 Å². The van der Waals surface area contributed by atoms with Gasteiger partial charge in [-0.3, -0.25) is 14.9 Å². The van der Waals surface area contributed by atoms with Crippen LogP contribution in [0.25, 0.3) is 0 Å². The van der Waals surface area contributed by atoms with Gasteiger partial charge in [-0.2, -0.15) is 5.26 Å². The Morgan fingerprint density at radius 3 is 2.71 bits per heavy atom. The van der Waals surface area contributed by atoms with Gasteiger partial charge in [-0.25, -0.2) is 0 Å². The van der Waals surface area contributed by atoms with Gasteiger partial charge in [0.25, 0.3) is 5.91 Å². The molecule has 72 valence electrons. The van der Waals surface area contributed by atoms with Gasteiger partial charge in [0, 0.05) is 5.57 Å². The fourth-order valence-corrected chi connectivity index (χ4v) is 2.06. The number of rotatable bonds is 0. The predicted octanol–water partition coefficient (Wildman–Crippen LogP) is 0.653. The largest absolute Gasteiger partial charge is 0.291 e. The fraction of sp³-hybridized carbons (Fsp3) is 0.500. The van der Waals surface area contributed by atoms with E-state index in [-0.39, 0.29) is 5.91 Å². The number of imide groups is 1. The number of carbonyl (C=O) groups is 2. The second kappa shape index (κ2) is 3.26. The Kier molecular flexibility index (Phi) is 2.08. The summed E-state index contributed by atoms with van der Waals surface area (Å²) in [5, 5.41) is 11.1. The van der Waals surface area contributed by atoms with E-state index in [4.69, 9.17) is 5.26 Å². The Bertz CT molecular complexity index is 376. The van der Waals surface area contributed by atoms with Gasteiger partial charge in [-0.15, -0.1) is 0 Å². The smallest absolute Gasteiger partial charge is 0.253 e. The van der Waals surface area contributed by atoms with Crippen molar-refractivity contribution >= 4 is 11.8 Å². The van der Waals surface area contributed by atoms with Crippen molar-refractivity contribution in [3.63, 3.8) is 0 Å². The molecule has 2 aliphatic rings. The molecule has 1 heterocycles. The summed E-state index contributed by atoms with van der Waals surface area (Å²) in [5.74, 6) is -1.49. The number of nitrogens with zero attached hydrogens (tertiary/aromatic N) is 1. The van der Waals surface area contributed by atoms with Crippen LogP contribution < -0.4 is 5.32 Å². The van der Waals surface area contributed by atoms with E-state index in [1.165, 1.54) is 0 Å². The first-order valence-electron chi connectivity index (χ1n) is 4.70. The molecule has 0 radical (unpaired) electrons. The summed E-state index contributed by atoms with van der Waals surface area (Å²) in [5.41, 5.74) is 1.43. The predicted molar refractivity (Wildman–Crippen MR) is 47.7 cm³/mol. The molecule has 0 spiro atoms. The van der Waals surface area contributed by atoms with Gasteiger partial charge in [-0.1, -0.05) is 0 Å². The minimum atomic E-state index is -0.733. The van der Waals surface area contributed by atoms with Crippen LogP contribution in [0.2, 0.25) is 0 Å². The Morgan fingerprint density at radius 1 is 1.29 bits per heavy atom. The fourth-order valence-electron chi connectivity index (χ4n) is 2.06. The van der Waals surface area contributed by atoms with Gasteiger partial charge in [-0.05, 0) is 31.3 Å². The second-order valence-corrected chi connectivity index (χ2v) is 3.59. The molecule has 4 heteroatoms. The number of nitriles is 1. The van der Waals surface area contributed by atoms with Crippen molar-refractivity contribution in [3.05, 3.63) is 11.1 Å². The number of nitrogens with one attached hydrogen (secondary N) is 1. The molecule has 1 aliphatic heterocycles. The molecule has 0 fully saturated rings. The molecule has 0 aromatic rings. The highest BCUT2D eigenvalue weighted by atomic mass is 16.2. The highest BCUT2D eigenvalue weighted by molar-refractivity contribution is 6.10. The molecular formula is C10H10N2O2. The topological polar surface area (TPSA) is 70.0 Å². The standard InChI is InChI=1S/C10H10N2O2/c11-5-8-6-3-1-2-4-7(6)9(13)12-10(8)14/h8H,1-4H2,(H,12,13,14)/t8-/m0/s1. The van der Waals surface area contributed by atoms with Crippen molar-refractivity contribution in [2.75, 3.05) is 0 Å². The van der Waals surface area contributed by atoms with Crippen LogP contribution in [0, 0.1) is 17.2 Å². The summed E-state index contributed by atoms with van der Waals surface area (Å²) in [6, 6.07) is 1.95. The lowest BCUT2D eigenvalue weighted by molar-refractivity contribution is -0.130. The van der Waals surface area contributed by atoms with Gasteiger partial charge in [0.15, 0.2) is 0 Å². The zero-order valence-electron chi connectivity index (χ0n) is 7.67. The normalized spacial score (nSPS) is 26.6. The van der Waals surface area contributed by atoms with Crippen molar-refractivity contribution < 1.29 is 9.59 Å². The van der Waals surface area contributed by atoms with Crippen molar-refractivity contribution in [3.8, 4) is 6.07 Å². The van der Waals surface area contributed by atoms with E-state index in [0.717, 1.165) is 18.4 Å². The minimum Gasteiger partial charge on any atom is -0.291 e. The molecule has 0 bridgehead atoms. The molecule has 0 unspecified atom stereocenters. The van der Waals surface area contributed by atoms with Gasteiger partial charge >= 0.3 is 0 Å². The maximum atomic E-state index is 11.4. The zero-order valence-corrected chi connectivity index (χ0v) is 7.67. The Labute approximate surface area is 81.6 Å². The van der Waals surface area contributed by atoms with Gasteiger partial charge in [0.2, 0.25) is 5.91 Å². The molecule has 4 nitrogen and oxygen atoms in total. The quantitative estimate of drug-likeness (QED) is 0.570. The van der Waals surface area contributed by atoms with E-state index in [1.54, 1.807) is 0 Å². The maximum Gasteiger partial charge on any atom is 0.253 e. The third kappa shape index (κ3) is 1.22. The SMILES string of the molecule is N#C[C@@H]1C(=O)NC(=O)C2=C1CCCC2. The lowest BCUT2D eigenvalue weighted by Gasteiger charge is -2.26. The molecule has 1 atom stereocenters. The Hall–Kier alpha value is -1.63. The zero-order chi connectivity index (χ0) is 10.1. The van der Waals surface area contributed by atoms with E-state index >= 15 is 0 Å².